The quantitative estimate of drug-likeness (QED) is 0.852. The standard InChI is InChI=1S/C18H22N2O2S/c1-22-14-9-7-13(8-10-14)17-19-18(23)15-5-2-3-6-16(15)20(17)11-4-12-21/h7-10,21H,2-6,11-12H2,1H3. The molecule has 0 saturated heterocycles. The number of ether oxygens (including phenoxy) is 1. The molecule has 1 aromatic carbocycles. The number of aliphatic hydroxyl groups is 1. The van der Waals surface area contributed by atoms with Crippen LogP contribution in [-0.4, -0.2) is 28.4 Å². The van der Waals surface area contributed by atoms with Gasteiger partial charge in [0.05, 0.1) is 7.11 Å². The largest absolute Gasteiger partial charge is 0.497 e. The van der Waals surface area contributed by atoms with Crippen LogP contribution >= 0.6 is 12.2 Å². The maximum absolute atomic E-state index is 9.25. The number of benzene rings is 1. The van der Waals surface area contributed by atoms with E-state index in [1.165, 1.54) is 24.1 Å². The maximum atomic E-state index is 9.25. The average Bonchev–Trinajstić information content (AvgIpc) is 2.61. The molecule has 0 bridgehead atoms. The highest BCUT2D eigenvalue weighted by Crippen LogP contribution is 2.28. The molecule has 0 aliphatic heterocycles. The number of fused-ring (bicyclic) bond motifs is 1. The van der Waals surface area contributed by atoms with Crippen LogP contribution in [0.2, 0.25) is 0 Å². The van der Waals surface area contributed by atoms with E-state index in [0.717, 1.165) is 47.6 Å². The van der Waals surface area contributed by atoms with E-state index < -0.39 is 0 Å². The summed E-state index contributed by atoms with van der Waals surface area (Å²) < 4.78 is 8.21. The molecule has 0 atom stereocenters. The van der Waals surface area contributed by atoms with Crippen LogP contribution in [0.25, 0.3) is 11.4 Å². The van der Waals surface area contributed by atoms with E-state index >= 15 is 0 Å². The fourth-order valence-corrected chi connectivity index (χ4v) is 3.51. The summed E-state index contributed by atoms with van der Waals surface area (Å²) in [6, 6.07) is 7.91. The van der Waals surface area contributed by atoms with Crippen molar-refractivity contribution in [1.29, 1.82) is 0 Å². The minimum atomic E-state index is 0.180. The van der Waals surface area contributed by atoms with Crippen LogP contribution in [0.3, 0.4) is 0 Å². The first-order valence-corrected chi connectivity index (χ1v) is 8.53. The van der Waals surface area contributed by atoms with Gasteiger partial charge in [-0.05, 0) is 56.4 Å². The fourth-order valence-electron chi connectivity index (χ4n) is 3.20. The maximum Gasteiger partial charge on any atom is 0.141 e. The fraction of sp³-hybridized carbons (Fsp3) is 0.444. The second-order valence-electron chi connectivity index (χ2n) is 5.83. The Balaban J connectivity index is 2.13. The Kier molecular flexibility index (Phi) is 5.08. The van der Waals surface area contributed by atoms with Gasteiger partial charge in [0.1, 0.15) is 16.2 Å². The van der Waals surface area contributed by atoms with Crippen molar-refractivity contribution in [3.63, 3.8) is 0 Å². The third-order valence-corrected chi connectivity index (χ3v) is 4.71. The number of aliphatic hydroxyl groups excluding tert-OH is 1. The van der Waals surface area contributed by atoms with E-state index in [2.05, 4.69) is 4.57 Å². The molecule has 1 heterocycles. The zero-order chi connectivity index (χ0) is 16.2. The lowest BCUT2D eigenvalue weighted by atomic mass is 9.96. The number of aromatic nitrogens is 2. The van der Waals surface area contributed by atoms with Crippen molar-refractivity contribution in [3.8, 4) is 17.1 Å². The Labute approximate surface area is 141 Å². The number of methoxy groups -OCH3 is 1. The van der Waals surface area contributed by atoms with Crippen molar-refractivity contribution in [2.24, 2.45) is 0 Å². The lowest BCUT2D eigenvalue weighted by molar-refractivity contribution is 0.278. The van der Waals surface area contributed by atoms with Crippen LogP contribution in [0, 0.1) is 4.64 Å². The monoisotopic (exact) mass is 330 g/mol. The molecule has 0 amide bonds. The van der Waals surface area contributed by atoms with E-state index in [1.54, 1.807) is 7.11 Å². The van der Waals surface area contributed by atoms with Crippen molar-refractivity contribution in [2.75, 3.05) is 13.7 Å². The van der Waals surface area contributed by atoms with E-state index in [-0.39, 0.29) is 6.61 Å². The molecule has 1 aromatic heterocycles. The Morgan fingerprint density at radius 1 is 1.22 bits per heavy atom. The molecule has 0 unspecified atom stereocenters. The van der Waals surface area contributed by atoms with Crippen molar-refractivity contribution in [3.05, 3.63) is 40.2 Å². The molecular weight excluding hydrogens is 308 g/mol. The minimum absolute atomic E-state index is 0.180. The van der Waals surface area contributed by atoms with E-state index in [4.69, 9.17) is 21.9 Å². The smallest absolute Gasteiger partial charge is 0.141 e. The van der Waals surface area contributed by atoms with Gasteiger partial charge >= 0.3 is 0 Å². The van der Waals surface area contributed by atoms with Gasteiger partial charge < -0.3 is 14.4 Å². The van der Waals surface area contributed by atoms with Crippen LogP contribution < -0.4 is 4.74 Å². The van der Waals surface area contributed by atoms with Gasteiger partial charge in [-0.3, -0.25) is 0 Å². The van der Waals surface area contributed by atoms with Gasteiger partial charge in [-0.2, -0.15) is 0 Å². The van der Waals surface area contributed by atoms with Gasteiger partial charge in [0, 0.05) is 30.0 Å². The highest BCUT2D eigenvalue weighted by molar-refractivity contribution is 7.71. The topological polar surface area (TPSA) is 47.3 Å². The van der Waals surface area contributed by atoms with E-state index in [9.17, 15) is 5.11 Å². The molecule has 122 valence electrons. The minimum Gasteiger partial charge on any atom is -0.497 e. The third-order valence-electron chi connectivity index (χ3n) is 4.37. The van der Waals surface area contributed by atoms with Crippen molar-refractivity contribution in [1.82, 2.24) is 9.55 Å². The summed E-state index contributed by atoms with van der Waals surface area (Å²) in [4.78, 5) is 4.72. The first kappa shape index (κ1) is 16.1. The molecule has 0 radical (unpaired) electrons. The van der Waals surface area contributed by atoms with Gasteiger partial charge in [-0.15, -0.1) is 0 Å². The van der Waals surface area contributed by atoms with Crippen molar-refractivity contribution < 1.29 is 9.84 Å². The third kappa shape index (κ3) is 3.31. The second kappa shape index (κ2) is 7.23. The molecule has 1 aliphatic rings. The summed E-state index contributed by atoms with van der Waals surface area (Å²) in [5.41, 5.74) is 3.56. The molecule has 3 rings (SSSR count). The van der Waals surface area contributed by atoms with Gasteiger partial charge in [-0.1, -0.05) is 12.2 Å². The Hall–Kier alpha value is -1.72. The lowest BCUT2D eigenvalue weighted by Gasteiger charge is -2.24. The normalized spacial score (nSPS) is 13.7. The predicted octanol–water partition coefficient (Wildman–Crippen LogP) is 3.55. The molecule has 4 nitrogen and oxygen atoms in total. The Bertz CT molecular complexity index is 738. The molecule has 1 aliphatic carbocycles. The zero-order valence-corrected chi connectivity index (χ0v) is 14.2. The van der Waals surface area contributed by atoms with Crippen molar-refractivity contribution in [2.45, 2.75) is 38.6 Å². The molecular formula is C18H22N2O2S. The van der Waals surface area contributed by atoms with Gasteiger partial charge in [-0.25, -0.2) is 4.98 Å². The average molecular weight is 330 g/mol. The van der Waals surface area contributed by atoms with Crippen molar-refractivity contribution >= 4 is 12.2 Å². The first-order valence-electron chi connectivity index (χ1n) is 8.12. The van der Waals surface area contributed by atoms with Crippen LogP contribution in [0.5, 0.6) is 5.75 Å². The van der Waals surface area contributed by atoms with Crippen LogP contribution in [0.1, 0.15) is 30.5 Å². The molecule has 0 saturated carbocycles. The molecule has 1 N–H and O–H groups in total. The highest BCUT2D eigenvalue weighted by Gasteiger charge is 2.19. The zero-order valence-electron chi connectivity index (χ0n) is 13.4. The van der Waals surface area contributed by atoms with Crippen LogP contribution in [0.15, 0.2) is 24.3 Å². The second-order valence-corrected chi connectivity index (χ2v) is 6.22. The summed E-state index contributed by atoms with van der Waals surface area (Å²) >= 11 is 5.55. The summed E-state index contributed by atoms with van der Waals surface area (Å²) in [7, 11) is 1.66. The number of hydrogen-bond donors (Lipinski definition) is 1. The predicted molar refractivity (Wildman–Crippen MR) is 93.4 cm³/mol. The number of hydrogen-bond acceptors (Lipinski definition) is 4. The SMILES string of the molecule is COc1ccc(-c2nc(=S)c3c(n2CCCO)CCCC3)cc1. The summed E-state index contributed by atoms with van der Waals surface area (Å²) in [6.45, 7) is 0.947. The molecule has 0 fully saturated rings. The van der Waals surface area contributed by atoms with Gasteiger partial charge in [0.25, 0.3) is 0 Å². The Morgan fingerprint density at radius 3 is 2.65 bits per heavy atom. The first-order chi connectivity index (χ1) is 11.2. The highest BCUT2D eigenvalue weighted by atomic mass is 32.1. The van der Waals surface area contributed by atoms with Crippen LogP contribution in [-0.2, 0) is 19.4 Å². The summed E-state index contributed by atoms with van der Waals surface area (Å²) in [6.07, 6.45) is 5.14. The van der Waals surface area contributed by atoms with Gasteiger partial charge in [0.15, 0.2) is 0 Å². The summed E-state index contributed by atoms with van der Waals surface area (Å²) in [5.74, 6) is 1.72. The van der Waals surface area contributed by atoms with E-state index in [0.29, 0.717) is 0 Å². The molecule has 5 heteroatoms. The van der Waals surface area contributed by atoms with Gasteiger partial charge in [0.2, 0.25) is 0 Å². The number of rotatable bonds is 5. The van der Waals surface area contributed by atoms with Crippen LogP contribution in [0.4, 0.5) is 0 Å². The molecule has 0 spiro atoms. The summed E-state index contributed by atoms with van der Waals surface area (Å²) in [5, 5.41) is 9.25. The number of nitrogens with zero attached hydrogens (tertiary/aromatic N) is 2. The lowest BCUT2D eigenvalue weighted by Crippen LogP contribution is -2.18. The Morgan fingerprint density at radius 2 is 1.96 bits per heavy atom. The van der Waals surface area contributed by atoms with E-state index in [1.807, 2.05) is 24.3 Å². The molecule has 2 aromatic rings. The molecule has 23 heavy (non-hydrogen) atoms.